The Morgan fingerprint density at radius 3 is 2.61 bits per heavy atom. The van der Waals surface area contributed by atoms with Crippen LogP contribution in [0.2, 0.25) is 0 Å². The zero-order chi connectivity index (χ0) is 22.8. The highest BCUT2D eigenvalue weighted by Crippen LogP contribution is 2.33. The minimum Gasteiger partial charge on any atom is -0.397 e. The lowest BCUT2D eigenvalue weighted by molar-refractivity contribution is 0.0959. The number of nitrogens with one attached hydrogen (secondary N) is 2. The topological polar surface area (TPSA) is 83.3 Å². The molecule has 3 aromatic rings. The number of halogens is 4. The van der Waals surface area contributed by atoms with Crippen molar-refractivity contribution in [1.29, 1.82) is 0 Å². The van der Waals surface area contributed by atoms with Gasteiger partial charge in [0.05, 0.1) is 17.1 Å². The van der Waals surface area contributed by atoms with E-state index in [2.05, 4.69) is 15.6 Å². The average molecular weight is 500 g/mol. The first-order chi connectivity index (χ1) is 15.4. The highest BCUT2D eigenvalue weighted by atomic mass is 35.5. The number of thiophene rings is 1. The van der Waals surface area contributed by atoms with Crippen LogP contribution in [0.1, 0.15) is 27.9 Å². The van der Waals surface area contributed by atoms with Crippen LogP contribution in [-0.2, 0) is 12.8 Å². The Labute approximate surface area is 199 Å². The molecule has 178 valence electrons. The third-order valence-corrected chi connectivity index (χ3v) is 6.66. The molecular weight excluding hydrogens is 475 g/mol. The average Bonchev–Trinajstić information content (AvgIpc) is 3.11. The van der Waals surface area contributed by atoms with Crippen LogP contribution in [0, 0.1) is 17.5 Å². The Kier molecular flexibility index (Phi) is 8.04. The number of carbonyl (C=O) groups excluding carboxylic acids is 1. The predicted octanol–water partition coefficient (Wildman–Crippen LogP) is 3.66. The molecule has 11 heteroatoms. The van der Waals surface area contributed by atoms with Crippen molar-refractivity contribution < 1.29 is 18.0 Å². The van der Waals surface area contributed by atoms with Crippen molar-refractivity contribution >= 4 is 51.2 Å². The number of anilines is 2. The van der Waals surface area contributed by atoms with Gasteiger partial charge < -0.3 is 21.3 Å². The van der Waals surface area contributed by atoms with Gasteiger partial charge in [0.1, 0.15) is 27.2 Å². The fourth-order valence-electron chi connectivity index (χ4n) is 3.78. The number of aromatic nitrogens is 1. The molecule has 0 atom stereocenters. The van der Waals surface area contributed by atoms with E-state index in [4.69, 9.17) is 5.73 Å². The van der Waals surface area contributed by atoms with Crippen LogP contribution in [0.4, 0.5) is 24.5 Å². The lowest BCUT2D eigenvalue weighted by Gasteiger charge is -2.30. The molecule has 4 rings (SSSR count). The number of pyridine rings is 1. The van der Waals surface area contributed by atoms with E-state index in [0.29, 0.717) is 35.4 Å². The van der Waals surface area contributed by atoms with E-state index in [1.807, 2.05) is 4.90 Å². The van der Waals surface area contributed by atoms with Gasteiger partial charge in [-0.1, -0.05) is 6.92 Å². The van der Waals surface area contributed by atoms with E-state index in [1.54, 1.807) is 6.92 Å². The van der Waals surface area contributed by atoms with E-state index in [-0.39, 0.29) is 47.2 Å². The number of nitrogen functional groups attached to an aromatic ring is 1. The summed E-state index contributed by atoms with van der Waals surface area (Å²) in [6, 6.07) is 3.70. The second-order valence-electron chi connectivity index (χ2n) is 7.61. The van der Waals surface area contributed by atoms with Crippen LogP contribution >= 0.6 is 23.7 Å². The number of benzene rings is 1. The highest BCUT2D eigenvalue weighted by Gasteiger charge is 2.20. The number of fused-ring (bicyclic) bond motifs is 1. The second kappa shape index (κ2) is 10.6. The number of aryl methyl sites for hydroxylation is 1. The summed E-state index contributed by atoms with van der Waals surface area (Å²) < 4.78 is 43.2. The molecule has 4 N–H and O–H groups in total. The Balaban J connectivity index is 0.00000306. The van der Waals surface area contributed by atoms with Crippen molar-refractivity contribution in [2.24, 2.45) is 0 Å². The van der Waals surface area contributed by atoms with Crippen LogP contribution in [0.15, 0.2) is 18.2 Å². The summed E-state index contributed by atoms with van der Waals surface area (Å²) in [6.45, 7) is 4.55. The number of rotatable bonds is 6. The number of nitrogens with two attached hydrogens (primary N) is 1. The smallest absolute Gasteiger partial charge is 0.263 e. The van der Waals surface area contributed by atoms with Crippen molar-refractivity contribution in [3.8, 4) is 0 Å². The van der Waals surface area contributed by atoms with Crippen LogP contribution in [0.5, 0.6) is 0 Å². The van der Waals surface area contributed by atoms with Gasteiger partial charge in [-0.3, -0.25) is 4.79 Å². The second-order valence-corrected chi connectivity index (χ2v) is 8.61. The van der Waals surface area contributed by atoms with Gasteiger partial charge in [-0.2, -0.15) is 0 Å². The van der Waals surface area contributed by atoms with E-state index in [0.717, 1.165) is 24.4 Å². The van der Waals surface area contributed by atoms with Gasteiger partial charge in [-0.25, -0.2) is 18.2 Å². The molecule has 1 aromatic carbocycles. The molecule has 1 fully saturated rings. The highest BCUT2D eigenvalue weighted by molar-refractivity contribution is 7.21. The maximum absolute atomic E-state index is 14.6. The molecular formula is C22H25ClF3N5OS. The van der Waals surface area contributed by atoms with Crippen molar-refractivity contribution in [2.45, 2.75) is 19.8 Å². The standard InChI is InChI=1S/C22H24F3N5OS.ClH/c1-2-17-15(24)10-13-19(26)20(32-22(13)29-17)21(31)28-4-3-12-9-16(25)18(11-14(12)23)30-7-5-27-6-8-30;/h9-11,27H,2-8,26H2,1H3,(H,28,31);1H. The third-order valence-electron chi connectivity index (χ3n) is 5.54. The van der Waals surface area contributed by atoms with Crippen LogP contribution < -0.4 is 21.3 Å². The molecule has 1 aliphatic rings. The molecule has 0 saturated carbocycles. The number of nitrogens with zero attached hydrogens (tertiary/aromatic N) is 2. The molecule has 1 saturated heterocycles. The van der Waals surface area contributed by atoms with E-state index in [9.17, 15) is 18.0 Å². The summed E-state index contributed by atoms with van der Waals surface area (Å²) in [5, 5.41) is 6.25. The summed E-state index contributed by atoms with van der Waals surface area (Å²) in [4.78, 5) is 19.4. The van der Waals surface area contributed by atoms with E-state index in [1.165, 1.54) is 18.2 Å². The molecule has 0 radical (unpaired) electrons. The first kappa shape index (κ1) is 25.1. The summed E-state index contributed by atoms with van der Waals surface area (Å²) >= 11 is 1.08. The first-order valence-corrected chi connectivity index (χ1v) is 11.3. The van der Waals surface area contributed by atoms with Gasteiger partial charge in [0.2, 0.25) is 0 Å². The summed E-state index contributed by atoms with van der Waals surface area (Å²) in [7, 11) is 0. The normalized spacial score (nSPS) is 13.8. The zero-order valence-electron chi connectivity index (χ0n) is 18.0. The third kappa shape index (κ3) is 5.18. The molecule has 0 aliphatic carbocycles. The molecule has 0 spiro atoms. The number of carbonyl (C=O) groups is 1. The van der Waals surface area contributed by atoms with Gasteiger partial charge in [-0.15, -0.1) is 23.7 Å². The molecule has 3 heterocycles. The SMILES string of the molecule is CCc1nc2sc(C(=O)NCCc3cc(F)c(N4CCNCC4)cc3F)c(N)c2cc1F.Cl. The minimum absolute atomic E-state index is 0. The molecule has 0 bridgehead atoms. The summed E-state index contributed by atoms with van der Waals surface area (Å²) in [6.07, 6.45) is 0.546. The summed E-state index contributed by atoms with van der Waals surface area (Å²) in [5.41, 5.74) is 6.95. The van der Waals surface area contributed by atoms with Crippen molar-refractivity contribution in [3.63, 3.8) is 0 Å². The quantitative estimate of drug-likeness (QED) is 0.482. The summed E-state index contributed by atoms with van der Waals surface area (Å²) in [5.74, 6) is -1.91. The van der Waals surface area contributed by atoms with E-state index >= 15 is 0 Å². The van der Waals surface area contributed by atoms with Gasteiger partial charge >= 0.3 is 0 Å². The molecule has 6 nitrogen and oxygen atoms in total. The van der Waals surface area contributed by atoms with Gasteiger partial charge in [0, 0.05) is 44.2 Å². The molecule has 1 amide bonds. The van der Waals surface area contributed by atoms with Crippen LogP contribution in [0.25, 0.3) is 10.2 Å². The Morgan fingerprint density at radius 2 is 1.91 bits per heavy atom. The molecule has 2 aromatic heterocycles. The van der Waals surface area contributed by atoms with Crippen LogP contribution in [0.3, 0.4) is 0 Å². The fourth-order valence-corrected chi connectivity index (χ4v) is 4.79. The van der Waals surface area contributed by atoms with Crippen molar-refractivity contribution in [2.75, 3.05) is 43.4 Å². The van der Waals surface area contributed by atoms with Crippen molar-refractivity contribution in [3.05, 3.63) is 51.8 Å². The molecule has 0 unspecified atom stereocenters. The lowest BCUT2D eigenvalue weighted by atomic mass is 10.1. The zero-order valence-corrected chi connectivity index (χ0v) is 19.6. The van der Waals surface area contributed by atoms with Crippen molar-refractivity contribution in [1.82, 2.24) is 15.6 Å². The molecule has 33 heavy (non-hydrogen) atoms. The molecule has 1 aliphatic heterocycles. The Bertz CT molecular complexity index is 1170. The number of hydrogen-bond donors (Lipinski definition) is 3. The van der Waals surface area contributed by atoms with Gasteiger partial charge in [-0.05, 0) is 30.5 Å². The number of piperazine rings is 1. The number of hydrogen-bond acceptors (Lipinski definition) is 6. The monoisotopic (exact) mass is 499 g/mol. The van der Waals surface area contributed by atoms with Crippen LogP contribution in [-0.4, -0.2) is 43.6 Å². The largest absolute Gasteiger partial charge is 0.397 e. The van der Waals surface area contributed by atoms with Gasteiger partial charge in [0.25, 0.3) is 5.91 Å². The first-order valence-electron chi connectivity index (χ1n) is 10.5. The number of amides is 1. The Hall–Kier alpha value is -2.56. The lowest BCUT2D eigenvalue weighted by Crippen LogP contribution is -2.44. The predicted molar refractivity (Wildman–Crippen MR) is 128 cm³/mol. The maximum Gasteiger partial charge on any atom is 0.263 e. The fraction of sp³-hybridized carbons (Fsp3) is 0.364. The maximum atomic E-state index is 14.6. The van der Waals surface area contributed by atoms with E-state index < -0.39 is 23.4 Å². The Morgan fingerprint density at radius 1 is 1.18 bits per heavy atom. The minimum atomic E-state index is -0.512. The van der Waals surface area contributed by atoms with Gasteiger partial charge in [0.15, 0.2) is 0 Å².